The zero-order chi connectivity index (χ0) is 18.1. The summed E-state index contributed by atoms with van der Waals surface area (Å²) in [6.45, 7) is 3.95. The molecule has 0 bridgehead atoms. The molecule has 1 aliphatic rings. The van der Waals surface area contributed by atoms with Gasteiger partial charge in [-0.05, 0) is 19.9 Å². The first-order chi connectivity index (χ1) is 11.9. The summed E-state index contributed by atoms with van der Waals surface area (Å²) in [4.78, 5) is 38.3. The topological polar surface area (TPSA) is 102 Å². The van der Waals surface area contributed by atoms with E-state index in [4.69, 9.17) is 4.74 Å². The Hall–Kier alpha value is -2.74. The number of carboxylic acid groups (broad SMARTS) is 1. The van der Waals surface area contributed by atoms with E-state index in [-0.39, 0.29) is 37.1 Å². The van der Waals surface area contributed by atoms with E-state index in [1.165, 1.54) is 9.58 Å². The minimum atomic E-state index is -1.13. The third-order valence-electron chi connectivity index (χ3n) is 4.19. The first-order valence-electron chi connectivity index (χ1n) is 8.05. The van der Waals surface area contributed by atoms with Gasteiger partial charge in [0.15, 0.2) is 11.7 Å². The number of amides is 1. The van der Waals surface area contributed by atoms with Crippen molar-refractivity contribution in [2.45, 2.75) is 25.9 Å². The molecule has 2 aromatic rings. The van der Waals surface area contributed by atoms with E-state index in [2.05, 4.69) is 5.10 Å². The van der Waals surface area contributed by atoms with Crippen molar-refractivity contribution in [3.63, 3.8) is 0 Å². The van der Waals surface area contributed by atoms with Crippen molar-refractivity contribution < 1.29 is 19.4 Å². The minimum Gasteiger partial charge on any atom is -0.480 e. The van der Waals surface area contributed by atoms with E-state index in [0.717, 1.165) is 0 Å². The van der Waals surface area contributed by atoms with E-state index in [1.807, 2.05) is 0 Å². The Labute approximate surface area is 143 Å². The molecular formula is C17H19N3O5. The molecule has 3 rings (SSSR count). The van der Waals surface area contributed by atoms with Gasteiger partial charge < -0.3 is 14.7 Å². The third kappa shape index (κ3) is 3.00. The highest BCUT2D eigenvalue weighted by molar-refractivity contribution is 6.05. The molecule has 1 saturated heterocycles. The van der Waals surface area contributed by atoms with Crippen molar-refractivity contribution in [2.24, 2.45) is 0 Å². The van der Waals surface area contributed by atoms with E-state index in [9.17, 15) is 19.5 Å². The lowest BCUT2D eigenvalue weighted by Gasteiger charge is -2.32. The molecule has 25 heavy (non-hydrogen) atoms. The van der Waals surface area contributed by atoms with Crippen molar-refractivity contribution in [2.75, 3.05) is 19.8 Å². The highest BCUT2D eigenvalue weighted by Crippen LogP contribution is 2.19. The van der Waals surface area contributed by atoms with Crippen LogP contribution in [0.4, 0.5) is 0 Å². The van der Waals surface area contributed by atoms with Gasteiger partial charge in [0.1, 0.15) is 0 Å². The van der Waals surface area contributed by atoms with Gasteiger partial charge in [0.2, 0.25) is 0 Å². The number of aromatic nitrogens is 2. The number of rotatable bonds is 3. The van der Waals surface area contributed by atoms with Crippen LogP contribution in [0.5, 0.6) is 0 Å². The van der Waals surface area contributed by atoms with Crippen LogP contribution in [0.2, 0.25) is 0 Å². The average Bonchev–Trinajstić information content (AvgIpc) is 2.61. The van der Waals surface area contributed by atoms with Crippen molar-refractivity contribution in [1.82, 2.24) is 14.7 Å². The smallest absolute Gasteiger partial charge is 0.328 e. The lowest BCUT2D eigenvalue weighted by atomic mass is 10.1. The molecule has 8 nitrogen and oxygen atoms in total. The number of aliphatic carboxylic acids is 1. The van der Waals surface area contributed by atoms with Gasteiger partial charge in [0.05, 0.1) is 24.6 Å². The fourth-order valence-electron chi connectivity index (χ4n) is 2.90. The molecule has 8 heteroatoms. The highest BCUT2D eigenvalue weighted by atomic mass is 16.5. The number of carbonyl (C=O) groups is 2. The van der Waals surface area contributed by atoms with Crippen molar-refractivity contribution in [1.29, 1.82) is 0 Å². The molecule has 1 N–H and O–H groups in total. The molecule has 1 aromatic heterocycles. The molecule has 1 atom stereocenters. The number of fused-ring (bicyclic) bond motifs is 1. The number of carbonyl (C=O) groups excluding carboxylic acids is 1. The zero-order valence-corrected chi connectivity index (χ0v) is 14.0. The predicted octanol–water partition coefficient (Wildman–Crippen LogP) is 0.903. The molecule has 0 spiro atoms. The number of carboxylic acids is 1. The van der Waals surface area contributed by atoms with Crippen LogP contribution >= 0.6 is 0 Å². The summed E-state index contributed by atoms with van der Waals surface area (Å²) < 4.78 is 6.43. The van der Waals surface area contributed by atoms with Gasteiger partial charge >= 0.3 is 5.97 Å². The number of hydrogen-bond donors (Lipinski definition) is 1. The van der Waals surface area contributed by atoms with E-state index in [1.54, 1.807) is 38.1 Å². The Balaban J connectivity index is 2.17. The second kappa shape index (κ2) is 6.64. The molecule has 132 valence electrons. The summed E-state index contributed by atoms with van der Waals surface area (Å²) in [5.41, 5.74) is -0.198. The van der Waals surface area contributed by atoms with Crippen LogP contribution in [0.1, 0.15) is 30.4 Å². The maximum Gasteiger partial charge on any atom is 0.328 e. The van der Waals surface area contributed by atoms with Crippen LogP contribution in [0.3, 0.4) is 0 Å². The molecule has 1 aliphatic heterocycles. The third-order valence-corrected chi connectivity index (χ3v) is 4.19. The number of hydrogen-bond acceptors (Lipinski definition) is 5. The molecule has 0 aliphatic carbocycles. The Bertz CT molecular complexity index is 889. The van der Waals surface area contributed by atoms with Gasteiger partial charge in [0, 0.05) is 11.9 Å². The molecule has 0 radical (unpaired) electrons. The van der Waals surface area contributed by atoms with Gasteiger partial charge in [-0.1, -0.05) is 18.2 Å². The first-order valence-corrected chi connectivity index (χ1v) is 8.05. The number of nitrogens with zero attached hydrogens (tertiary/aromatic N) is 3. The molecule has 0 unspecified atom stereocenters. The van der Waals surface area contributed by atoms with Gasteiger partial charge in [-0.15, -0.1) is 0 Å². The zero-order valence-electron chi connectivity index (χ0n) is 14.0. The van der Waals surface area contributed by atoms with E-state index < -0.39 is 17.9 Å². The Kier molecular flexibility index (Phi) is 4.54. The quantitative estimate of drug-likeness (QED) is 0.887. The van der Waals surface area contributed by atoms with Crippen LogP contribution in [0, 0.1) is 0 Å². The van der Waals surface area contributed by atoms with Gasteiger partial charge in [-0.2, -0.15) is 5.10 Å². The molecule has 0 saturated carbocycles. The summed E-state index contributed by atoms with van der Waals surface area (Å²) in [7, 11) is 0. The van der Waals surface area contributed by atoms with Crippen molar-refractivity contribution in [3.05, 3.63) is 40.3 Å². The monoisotopic (exact) mass is 345 g/mol. The van der Waals surface area contributed by atoms with Crippen LogP contribution in [0.15, 0.2) is 29.1 Å². The van der Waals surface area contributed by atoms with Crippen molar-refractivity contribution >= 4 is 22.6 Å². The first kappa shape index (κ1) is 17.1. The molecule has 1 amide bonds. The lowest BCUT2D eigenvalue weighted by molar-refractivity contribution is -0.147. The predicted molar refractivity (Wildman–Crippen MR) is 89.7 cm³/mol. The van der Waals surface area contributed by atoms with Crippen LogP contribution in [0.25, 0.3) is 10.8 Å². The molecule has 2 heterocycles. The SMILES string of the molecule is CC(C)n1nc(C(=O)N2CCOC[C@H]2C(=O)O)c2ccccc2c1=O. The summed E-state index contributed by atoms with van der Waals surface area (Å²) in [6, 6.07) is 5.43. The Morgan fingerprint density at radius 3 is 2.60 bits per heavy atom. The van der Waals surface area contributed by atoms with E-state index >= 15 is 0 Å². The normalized spacial score (nSPS) is 17.9. The van der Waals surface area contributed by atoms with Gasteiger partial charge in [-0.25, -0.2) is 9.48 Å². The maximum absolute atomic E-state index is 13.0. The number of benzene rings is 1. The average molecular weight is 345 g/mol. The second-order valence-corrected chi connectivity index (χ2v) is 6.17. The summed E-state index contributed by atoms with van der Waals surface area (Å²) in [5.74, 6) is -1.64. The fraction of sp³-hybridized carbons (Fsp3) is 0.412. The Morgan fingerprint density at radius 2 is 1.96 bits per heavy atom. The maximum atomic E-state index is 13.0. The summed E-state index contributed by atoms with van der Waals surface area (Å²) in [5, 5.41) is 14.4. The largest absolute Gasteiger partial charge is 0.480 e. The Morgan fingerprint density at radius 1 is 1.28 bits per heavy atom. The van der Waals surface area contributed by atoms with Gasteiger partial charge in [0.25, 0.3) is 11.5 Å². The molecule has 1 aromatic carbocycles. The molecule has 1 fully saturated rings. The lowest BCUT2D eigenvalue weighted by Crippen LogP contribution is -2.53. The number of ether oxygens (including phenoxy) is 1. The molecular weight excluding hydrogens is 326 g/mol. The van der Waals surface area contributed by atoms with Crippen LogP contribution in [-0.2, 0) is 9.53 Å². The van der Waals surface area contributed by atoms with Crippen LogP contribution in [-0.4, -0.2) is 57.5 Å². The fourth-order valence-corrected chi connectivity index (χ4v) is 2.90. The number of morpholine rings is 1. The second-order valence-electron chi connectivity index (χ2n) is 6.17. The standard InChI is InChI=1S/C17H19N3O5/c1-10(2)20-15(21)12-6-4-3-5-11(12)14(18-20)16(22)19-7-8-25-9-13(19)17(23)24/h3-6,10,13H,7-9H2,1-2H3,(H,23,24)/t13-/m0/s1. The van der Waals surface area contributed by atoms with Crippen LogP contribution < -0.4 is 5.56 Å². The summed E-state index contributed by atoms with van der Waals surface area (Å²) in [6.07, 6.45) is 0. The highest BCUT2D eigenvalue weighted by Gasteiger charge is 2.35. The minimum absolute atomic E-state index is 0.0666. The summed E-state index contributed by atoms with van der Waals surface area (Å²) >= 11 is 0. The van der Waals surface area contributed by atoms with E-state index in [0.29, 0.717) is 10.8 Å². The van der Waals surface area contributed by atoms with Gasteiger partial charge in [-0.3, -0.25) is 9.59 Å². The van der Waals surface area contributed by atoms with Crippen molar-refractivity contribution in [3.8, 4) is 0 Å².